The smallest absolute Gasteiger partial charge is 0.135 e. The first-order valence-corrected chi connectivity index (χ1v) is 7.91. The summed E-state index contributed by atoms with van der Waals surface area (Å²) in [5.74, 6) is 2.63. The predicted octanol–water partition coefficient (Wildman–Crippen LogP) is 4.25. The third-order valence-electron chi connectivity index (χ3n) is 3.86. The van der Waals surface area contributed by atoms with Crippen molar-refractivity contribution in [3.05, 3.63) is 16.5 Å². The fraction of sp³-hybridized carbons (Fsp3) is 0.714. The number of nitrogens with one attached hydrogen (secondary N) is 1. The molecule has 0 spiro atoms. The van der Waals surface area contributed by atoms with Gasteiger partial charge in [0.05, 0.1) is 0 Å². The zero-order valence-corrected chi connectivity index (χ0v) is 12.2. The summed E-state index contributed by atoms with van der Waals surface area (Å²) in [4.78, 5) is 9.14. The lowest BCUT2D eigenvalue weighted by Gasteiger charge is -2.17. The normalized spacial score (nSPS) is 21.6. The average Bonchev–Trinajstić information content (AvgIpc) is 3.16. The van der Waals surface area contributed by atoms with Gasteiger partial charge in [-0.2, -0.15) is 0 Å². The molecule has 3 nitrogen and oxygen atoms in total. The second-order valence-electron chi connectivity index (χ2n) is 5.54. The van der Waals surface area contributed by atoms with Gasteiger partial charge < -0.3 is 5.32 Å². The number of hydrogen-bond acceptors (Lipinski definition) is 3. The molecule has 2 aliphatic carbocycles. The van der Waals surface area contributed by atoms with Gasteiger partial charge in [0.2, 0.25) is 0 Å². The quantitative estimate of drug-likeness (QED) is 0.670. The van der Waals surface area contributed by atoms with Gasteiger partial charge in [-0.1, -0.05) is 25.7 Å². The van der Waals surface area contributed by atoms with Gasteiger partial charge in [0.1, 0.15) is 16.2 Å². The lowest BCUT2D eigenvalue weighted by Crippen LogP contribution is -2.19. The molecule has 0 atom stereocenters. The molecule has 1 N–H and O–H groups in total. The number of halogens is 1. The molecule has 1 aromatic heterocycles. The van der Waals surface area contributed by atoms with Gasteiger partial charge in [0.15, 0.2) is 0 Å². The molecule has 1 aromatic rings. The molecule has 18 heavy (non-hydrogen) atoms. The fourth-order valence-electron chi connectivity index (χ4n) is 2.67. The first-order chi connectivity index (χ1) is 8.81. The first-order valence-electron chi connectivity index (χ1n) is 7.12. The highest BCUT2D eigenvalue weighted by Crippen LogP contribution is 2.38. The van der Waals surface area contributed by atoms with E-state index in [-0.39, 0.29) is 0 Å². The minimum atomic E-state index is 0.598. The summed E-state index contributed by atoms with van der Waals surface area (Å²) in [5.41, 5.74) is 0. The molecule has 0 bridgehead atoms. The molecule has 0 saturated heterocycles. The third-order valence-corrected chi connectivity index (χ3v) is 4.27. The van der Waals surface area contributed by atoms with Crippen molar-refractivity contribution in [2.24, 2.45) is 0 Å². The Morgan fingerprint density at radius 2 is 1.72 bits per heavy atom. The van der Waals surface area contributed by atoms with E-state index in [1.807, 2.05) is 6.07 Å². The Labute approximate surface area is 117 Å². The van der Waals surface area contributed by atoms with Crippen LogP contribution in [-0.2, 0) is 0 Å². The second kappa shape index (κ2) is 5.55. The first kappa shape index (κ1) is 12.4. The number of nitrogens with zero attached hydrogens (tertiary/aromatic N) is 2. The van der Waals surface area contributed by atoms with Gasteiger partial charge in [-0.05, 0) is 41.6 Å². The SMILES string of the molecule is Brc1cc(NC2CCCCCC2)nc(C2CC2)n1. The van der Waals surface area contributed by atoms with Crippen LogP contribution in [0.1, 0.15) is 63.1 Å². The third kappa shape index (κ3) is 3.22. The standard InChI is InChI=1S/C14H20BrN3/c15-12-9-13(18-14(17-12)10-7-8-10)16-11-5-3-1-2-4-6-11/h9-11H,1-8H2,(H,16,17,18). The van der Waals surface area contributed by atoms with Crippen LogP contribution in [0, 0.1) is 0 Å². The second-order valence-corrected chi connectivity index (χ2v) is 6.35. The summed E-state index contributed by atoms with van der Waals surface area (Å²) in [6.45, 7) is 0. The van der Waals surface area contributed by atoms with E-state index in [1.54, 1.807) is 0 Å². The van der Waals surface area contributed by atoms with Crippen LogP contribution in [0.5, 0.6) is 0 Å². The van der Waals surface area contributed by atoms with E-state index in [0.717, 1.165) is 16.2 Å². The lowest BCUT2D eigenvalue weighted by molar-refractivity contribution is 0.616. The Morgan fingerprint density at radius 3 is 2.39 bits per heavy atom. The van der Waals surface area contributed by atoms with E-state index >= 15 is 0 Å². The highest BCUT2D eigenvalue weighted by atomic mass is 79.9. The Morgan fingerprint density at radius 1 is 1.00 bits per heavy atom. The maximum absolute atomic E-state index is 4.67. The molecule has 2 fully saturated rings. The fourth-order valence-corrected chi connectivity index (χ4v) is 3.06. The van der Waals surface area contributed by atoms with Crippen LogP contribution in [-0.4, -0.2) is 16.0 Å². The Bertz CT molecular complexity index is 410. The minimum Gasteiger partial charge on any atom is -0.367 e. The zero-order valence-electron chi connectivity index (χ0n) is 10.7. The van der Waals surface area contributed by atoms with Crippen LogP contribution in [0.3, 0.4) is 0 Å². The Kier molecular flexibility index (Phi) is 3.83. The molecule has 0 aliphatic heterocycles. The predicted molar refractivity (Wildman–Crippen MR) is 76.8 cm³/mol. The summed E-state index contributed by atoms with van der Waals surface area (Å²) < 4.78 is 0.913. The van der Waals surface area contributed by atoms with Crippen LogP contribution >= 0.6 is 15.9 Å². The highest BCUT2D eigenvalue weighted by Gasteiger charge is 2.27. The molecule has 4 heteroatoms. The maximum atomic E-state index is 4.67. The van der Waals surface area contributed by atoms with Gasteiger partial charge in [-0.15, -0.1) is 0 Å². The van der Waals surface area contributed by atoms with Crippen molar-refractivity contribution in [3.8, 4) is 0 Å². The van der Waals surface area contributed by atoms with Crippen molar-refractivity contribution >= 4 is 21.7 Å². The Balaban J connectivity index is 1.70. The number of rotatable bonds is 3. The van der Waals surface area contributed by atoms with Crippen molar-refractivity contribution < 1.29 is 0 Å². The molecular formula is C14H20BrN3. The molecule has 2 aliphatic rings. The topological polar surface area (TPSA) is 37.8 Å². The van der Waals surface area contributed by atoms with E-state index in [2.05, 4.69) is 31.2 Å². The van der Waals surface area contributed by atoms with Gasteiger partial charge in [-0.25, -0.2) is 9.97 Å². The minimum absolute atomic E-state index is 0.598. The summed E-state index contributed by atoms with van der Waals surface area (Å²) in [5, 5.41) is 3.60. The molecule has 0 radical (unpaired) electrons. The van der Waals surface area contributed by atoms with Crippen LogP contribution < -0.4 is 5.32 Å². The lowest BCUT2D eigenvalue weighted by atomic mass is 10.1. The van der Waals surface area contributed by atoms with E-state index in [4.69, 9.17) is 0 Å². The summed E-state index contributed by atoms with van der Waals surface area (Å²) in [6.07, 6.45) is 10.5. The van der Waals surface area contributed by atoms with E-state index in [0.29, 0.717) is 12.0 Å². The number of aromatic nitrogens is 2. The molecule has 98 valence electrons. The summed E-state index contributed by atoms with van der Waals surface area (Å²) in [6, 6.07) is 2.61. The summed E-state index contributed by atoms with van der Waals surface area (Å²) >= 11 is 3.50. The molecule has 3 rings (SSSR count). The molecule has 1 heterocycles. The van der Waals surface area contributed by atoms with Crippen LogP contribution in [0.25, 0.3) is 0 Å². The molecule has 0 unspecified atom stereocenters. The van der Waals surface area contributed by atoms with Crippen LogP contribution in [0.2, 0.25) is 0 Å². The van der Waals surface area contributed by atoms with E-state index in [9.17, 15) is 0 Å². The average molecular weight is 310 g/mol. The van der Waals surface area contributed by atoms with Crippen molar-refractivity contribution in [1.82, 2.24) is 9.97 Å². The van der Waals surface area contributed by atoms with Crippen molar-refractivity contribution in [2.45, 2.75) is 63.3 Å². The van der Waals surface area contributed by atoms with Gasteiger partial charge >= 0.3 is 0 Å². The summed E-state index contributed by atoms with van der Waals surface area (Å²) in [7, 11) is 0. The highest BCUT2D eigenvalue weighted by molar-refractivity contribution is 9.10. The zero-order chi connectivity index (χ0) is 12.4. The van der Waals surface area contributed by atoms with Crippen molar-refractivity contribution in [2.75, 3.05) is 5.32 Å². The van der Waals surface area contributed by atoms with Gasteiger partial charge in [-0.3, -0.25) is 0 Å². The van der Waals surface area contributed by atoms with Crippen LogP contribution in [0.4, 0.5) is 5.82 Å². The monoisotopic (exact) mass is 309 g/mol. The molecule has 0 amide bonds. The molecule has 0 aromatic carbocycles. The van der Waals surface area contributed by atoms with Gasteiger partial charge in [0, 0.05) is 18.0 Å². The number of anilines is 1. The maximum Gasteiger partial charge on any atom is 0.135 e. The Hall–Kier alpha value is -0.640. The van der Waals surface area contributed by atoms with Gasteiger partial charge in [0.25, 0.3) is 0 Å². The van der Waals surface area contributed by atoms with Crippen molar-refractivity contribution in [1.29, 1.82) is 0 Å². The number of hydrogen-bond donors (Lipinski definition) is 1. The van der Waals surface area contributed by atoms with E-state index in [1.165, 1.54) is 51.4 Å². The molecule has 2 saturated carbocycles. The largest absolute Gasteiger partial charge is 0.367 e. The molecular weight excluding hydrogens is 290 g/mol. The van der Waals surface area contributed by atoms with Crippen LogP contribution in [0.15, 0.2) is 10.7 Å². The van der Waals surface area contributed by atoms with Crippen molar-refractivity contribution in [3.63, 3.8) is 0 Å². The van der Waals surface area contributed by atoms with E-state index < -0.39 is 0 Å².